The third-order valence-corrected chi connectivity index (χ3v) is 8.46. The van der Waals surface area contributed by atoms with E-state index in [1.807, 2.05) is 24.3 Å². The lowest BCUT2D eigenvalue weighted by molar-refractivity contribution is -0.645. The number of carbonyl (C=O) groups excluding carboxylic acids is 2. The number of nitrogens with one attached hydrogen (secondary N) is 1. The number of aromatic nitrogens is 1. The summed E-state index contributed by atoms with van der Waals surface area (Å²) < 4.78 is 52.5. The number of anilines is 1. The van der Waals surface area contributed by atoms with Gasteiger partial charge in [-0.1, -0.05) is 48.2 Å². The van der Waals surface area contributed by atoms with Gasteiger partial charge in [0.1, 0.15) is 6.04 Å². The Hall–Kier alpha value is -3.65. The van der Waals surface area contributed by atoms with Crippen LogP contribution in [0.3, 0.4) is 0 Å². The van der Waals surface area contributed by atoms with Gasteiger partial charge in [-0.25, -0.2) is 0 Å². The van der Waals surface area contributed by atoms with E-state index in [0.29, 0.717) is 39.8 Å². The zero-order valence-electron chi connectivity index (χ0n) is 22.9. The fourth-order valence-electron chi connectivity index (χ4n) is 5.16. The number of halogens is 3. The summed E-state index contributed by atoms with van der Waals surface area (Å²) in [5.41, 5.74) is 2.51. The van der Waals surface area contributed by atoms with Crippen molar-refractivity contribution in [3.8, 4) is 0 Å². The maximum Gasteiger partial charge on any atom is 0.471 e. The van der Waals surface area contributed by atoms with Crippen LogP contribution in [0.2, 0.25) is 0 Å². The van der Waals surface area contributed by atoms with Crippen LogP contribution in [0.1, 0.15) is 48.3 Å². The molecule has 0 radical (unpaired) electrons. The molecule has 0 aliphatic carbocycles. The third-order valence-electron chi connectivity index (χ3n) is 7.31. The first-order valence-electron chi connectivity index (χ1n) is 13.7. The summed E-state index contributed by atoms with van der Waals surface area (Å²) in [5.74, 6) is -2.27. The fourth-order valence-corrected chi connectivity index (χ4v) is 6.09. The van der Waals surface area contributed by atoms with E-state index in [1.54, 1.807) is 42.5 Å². The minimum atomic E-state index is -5.06. The molecule has 2 aliphatic heterocycles. The van der Waals surface area contributed by atoms with Crippen molar-refractivity contribution >= 4 is 29.3 Å². The molecule has 0 spiro atoms. The number of rotatable bonds is 8. The van der Waals surface area contributed by atoms with E-state index in [1.165, 1.54) is 18.0 Å². The molecule has 228 valence electrons. The number of alkyl halides is 3. The Morgan fingerprint density at radius 1 is 1.07 bits per heavy atom. The van der Waals surface area contributed by atoms with E-state index in [0.717, 1.165) is 15.9 Å². The number of amides is 2. The largest absolute Gasteiger partial charge is 0.618 e. The van der Waals surface area contributed by atoms with Crippen molar-refractivity contribution in [2.24, 2.45) is 0 Å². The molecule has 0 bridgehead atoms. The molecule has 4 atom stereocenters. The number of aliphatic hydroxyl groups excluding tert-OH is 1. The van der Waals surface area contributed by atoms with Crippen LogP contribution in [0.5, 0.6) is 0 Å². The number of carbonyl (C=O) groups is 2. The minimum absolute atomic E-state index is 0.0927. The maximum atomic E-state index is 13.0. The van der Waals surface area contributed by atoms with Gasteiger partial charge in [-0.05, 0) is 42.2 Å². The van der Waals surface area contributed by atoms with Crippen LogP contribution < -0.4 is 10.0 Å². The van der Waals surface area contributed by atoms with E-state index in [4.69, 9.17) is 9.47 Å². The molecule has 2 saturated heterocycles. The van der Waals surface area contributed by atoms with E-state index in [-0.39, 0.29) is 31.8 Å². The smallest absolute Gasteiger partial charge is 0.471 e. The molecule has 2 aromatic carbocycles. The lowest BCUT2D eigenvalue weighted by Crippen LogP contribution is -2.48. The third kappa shape index (κ3) is 7.47. The van der Waals surface area contributed by atoms with E-state index in [9.17, 15) is 33.1 Å². The molecule has 2 N–H and O–H groups in total. The number of thioether (sulfide) groups is 1. The first-order chi connectivity index (χ1) is 20.6. The van der Waals surface area contributed by atoms with Crippen molar-refractivity contribution in [3.63, 3.8) is 0 Å². The Bertz CT molecular complexity index is 1440. The summed E-state index contributed by atoms with van der Waals surface area (Å²) in [4.78, 5) is 25.3. The van der Waals surface area contributed by atoms with Gasteiger partial charge in [0.25, 0.3) is 5.03 Å². The topological polar surface area (TPSA) is 115 Å². The summed E-state index contributed by atoms with van der Waals surface area (Å²) in [6.45, 7) is -0.236. The molecule has 2 fully saturated rings. The van der Waals surface area contributed by atoms with E-state index >= 15 is 0 Å². The van der Waals surface area contributed by atoms with Gasteiger partial charge < -0.3 is 30.0 Å². The van der Waals surface area contributed by atoms with Crippen molar-refractivity contribution in [3.05, 3.63) is 94.8 Å². The summed E-state index contributed by atoms with van der Waals surface area (Å²) in [6.07, 6.45) is -4.29. The molecule has 2 amide bonds. The second-order valence-corrected chi connectivity index (χ2v) is 11.3. The van der Waals surface area contributed by atoms with Gasteiger partial charge in [-0.15, -0.1) is 0 Å². The molecule has 43 heavy (non-hydrogen) atoms. The fraction of sp³-hybridized carbons (Fsp3) is 0.367. The Balaban J connectivity index is 1.33. The number of hydrogen-bond acceptors (Lipinski definition) is 7. The highest BCUT2D eigenvalue weighted by molar-refractivity contribution is 7.99. The Labute approximate surface area is 250 Å². The number of nitrogens with zero attached hydrogens (tertiary/aromatic N) is 2. The predicted octanol–water partition coefficient (Wildman–Crippen LogP) is 4.64. The lowest BCUT2D eigenvalue weighted by atomic mass is 10.0. The van der Waals surface area contributed by atoms with Gasteiger partial charge in [0.15, 0.2) is 12.5 Å². The van der Waals surface area contributed by atoms with Crippen molar-refractivity contribution in [2.45, 2.75) is 61.6 Å². The molecule has 4 unspecified atom stereocenters. The quantitative estimate of drug-likeness (QED) is 0.215. The predicted molar refractivity (Wildman–Crippen MR) is 150 cm³/mol. The van der Waals surface area contributed by atoms with Crippen LogP contribution in [-0.4, -0.2) is 52.4 Å². The van der Waals surface area contributed by atoms with Crippen LogP contribution >= 0.6 is 11.8 Å². The Kier molecular flexibility index (Phi) is 9.55. The van der Waals surface area contributed by atoms with Gasteiger partial charge in [0.05, 0.1) is 18.8 Å². The second-order valence-electron chi connectivity index (χ2n) is 10.3. The summed E-state index contributed by atoms with van der Waals surface area (Å²) in [5, 5.41) is 24.7. The number of likely N-dealkylation sites (tertiary alicyclic amines) is 1. The second kappa shape index (κ2) is 13.3. The van der Waals surface area contributed by atoms with Gasteiger partial charge >= 0.3 is 12.1 Å². The number of hydrogen-bond donors (Lipinski definition) is 2. The molecule has 5 rings (SSSR count). The summed E-state index contributed by atoms with van der Waals surface area (Å²) in [6, 6.07) is 17.9. The van der Waals surface area contributed by atoms with Gasteiger partial charge in [-0.2, -0.15) is 17.9 Å². The van der Waals surface area contributed by atoms with Crippen LogP contribution in [0.15, 0.2) is 78.0 Å². The first-order valence-corrected chi connectivity index (χ1v) is 14.7. The highest BCUT2D eigenvalue weighted by Crippen LogP contribution is 2.40. The lowest BCUT2D eigenvalue weighted by Gasteiger charge is -2.36. The van der Waals surface area contributed by atoms with Crippen LogP contribution in [0, 0.1) is 5.21 Å². The Morgan fingerprint density at radius 3 is 2.58 bits per heavy atom. The molecule has 3 heterocycles. The average molecular weight is 618 g/mol. The van der Waals surface area contributed by atoms with Gasteiger partial charge in [0.2, 0.25) is 5.91 Å². The van der Waals surface area contributed by atoms with Crippen molar-refractivity contribution < 1.29 is 42.1 Å². The van der Waals surface area contributed by atoms with Gasteiger partial charge in [0, 0.05) is 42.1 Å². The van der Waals surface area contributed by atoms with E-state index < -0.39 is 30.3 Å². The number of ether oxygens (including phenoxy) is 2. The zero-order chi connectivity index (χ0) is 30.6. The number of benzene rings is 2. The van der Waals surface area contributed by atoms with Crippen LogP contribution in [0.4, 0.5) is 18.9 Å². The van der Waals surface area contributed by atoms with Gasteiger partial charge in [-0.3, -0.25) is 9.59 Å². The van der Waals surface area contributed by atoms with Crippen molar-refractivity contribution in [2.75, 3.05) is 17.6 Å². The highest BCUT2D eigenvalue weighted by Gasteiger charge is 2.47. The van der Waals surface area contributed by atoms with Crippen LogP contribution in [-0.2, 0) is 25.7 Å². The SMILES string of the molecule is O=C(Nc1cccc(C2OC(CSc3cccc[n+]3[O-])CC(c3ccc(CO)cc3)O2)c1)C1CCCN1C(=O)C(F)(F)F. The van der Waals surface area contributed by atoms with E-state index in [2.05, 4.69) is 5.32 Å². The summed E-state index contributed by atoms with van der Waals surface area (Å²) >= 11 is 1.35. The standard InChI is InChI=1S/C30H30F3N3O6S/c31-30(32,33)29(39)35-13-4-7-24(35)27(38)34-22-6-3-5-21(15-22)28-41-23(18-43-26-8-1-2-14-36(26)40)16-25(42-28)20-11-9-19(17-37)10-12-20/h1-3,5-6,8-12,14-15,23-25,28,37H,4,7,13,16-18H2,(H,34,38). The molecule has 13 heteroatoms. The number of aliphatic hydroxyl groups is 1. The first kappa shape index (κ1) is 30.8. The van der Waals surface area contributed by atoms with Crippen molar-refractivity contribution in [1.29, 1.82) is 0 Å². The molecule has 2 aliphatic rings. The van der Waals surface area contributed by atoms with Crippen LogP contribution in [0.25, 0.3) is 0 Å². The molecular weight excluding hydrogens is 587 g/mol. The molecule has 3 aromatic rings. The van der Waals surface area contributed by atoms with Crippen molar-refractivity contribution in [1.82, 2.24) is 4.90 Å². The minimum Gasteiger partial charge on any atom is -0.618 e. The molecule has 1 aromatic heterocycles. The molecule has 9 nitrogen and oxygen atoms in total. The molecular formula is C30H30F3N3O6S. The summed E-state index contributed by atoms with van der Waals surface area (Å²) in [7, 11) is 0. The zero-order valence-corrected chi connectivity index (χ0v) is 23.7. The highest BCUT2D eigenvalue weighted by atomic mass is 32.2. The normalized spacial score (nSPS) is 22.4. The number of pyridine rings is 1. The maximum absolute atomic E-state index is 13.0. The average Bonchev–Trinajstić information content (AvgIpc) is 3.50. The monoisotopic (exact) mass is 617 g/mol. The molecule has 0 saturated carbocycles. The Morgan fingerprint density at radius 2 is 1.86 bits per heavy atom.